The normalized spacial score (nSPS) is 11.0. The molecule has 0 unspecified atom stereocenters. The van der Waals surface area contributed by atoms with Crippen molar-refractivity contribution in [1.82, 2.24) is 0 Å². The third-order valence-electron chi connectivity index (χ3n) is 1.58. The molecular formula is C9H17FO2Si. The summed E-state index contributed by atoms with van der Waals surface area (Å²) in [5.41, 5.74) is 0. The van der Waals surface area contributed by atoms with Crippen LogP contribution in [0.3, 0.4) is 0 Å². The van der Waals surface area contributed by atoms with E-state index in [-0.39, 0.29) is 0 Å². The van der Waals surface area contributed by atoms with Gasteiger partial charge in [0.05, 0.1) is 6.61 Å². The summed E-state index contributed by atoms with van der Waals surface area (Å²) in [7, 11) is -2.40. The number of hydrogen-bond donors (Lipinski definition) is 0. The van der Waals surface area contributed by atoms with E-state index in [0.29, 0.717) is 12.7 Å². The zero-order valence-electron chi connectivity index (χ0n) is 8.31. The summed E-state index contributed by atoms with van der Waals surface area (Å²) >= 11 is 0. The fourth-order valence-electron chi connectivity index (χ4n) is 0.879. The molecule has 0 heterocycles. The number of halogens is 1. The molecule has 0 saturated heterocycles. The Hall–Kier alpha value is -0.643. The lowest BCUT2D eigenvalue weighted by Gasteiger charge is -2.09. The van der Waals surface area contributed by atoms with Crippen LogP contribution in [0.2, 0.25) is 19.1 Å². The summed E-state index contributed by atoms with van der Waals surface area (Å²) < 4.78 is 17.8. The molecule has 2 nitrogen and oxygen atoms in total. The van der Waals surface area contributed by atoms with E-state index in [2.05, 4.69) is 6.58 Å². The van der Waals surface area contributed by atoms with Gasteiger partial charge in [0, 0.05) is 6.08 Å². The minimum Gasteiger partial charge on any atom is -0.463 e. The number of unbranched alkanes of at least 4 members (excludes halogenated alkanes) is 1. The summed E-state index contributed by atoms with van der Waals surface area (Å²) in [6, 6.07) is 0.638. The Morgan fingerprint density at radius 3 is 2.62 bits per heavy atom. The predicted octanol–water partition coefficient (Wildman–Crippen LogP) is 2.67. The quantitative estimate of drug-likeness (QED) is 0.219. The SMILES string of the molecule is C=CC(=O)OCCCC[Si](C)(C)F. The topological polar surface area (TPSA) is 26.3 Å². The molecule has 0 saturated carbocycles. The summed E-state index contributed by atoms with van der Waals surface area (Å²) in [5, 5.41) is 0. The van der Waals surface area contributed by atoms with Crippen molar-refractivity contribution in [2.75, 3.05) is 6.61 Å². The number of carbonyl (C=O) groups excluding carboxylic acids is 1. The number of esters is 1. The highest BCUT2D eigenvalue weighted by Gasteiger charge is 2.18. The second-order valence-corrected chi connectivity index (χ2v) is 7.48. The minimum atomic E-state index is -2.40. The van der Waals surface area contributed by atoms with Gasteiger partial charge in [-0.25, -0.2) is 4.79 Å². The van der Waals surface area contributed by atoms with Gasteiger partial charge in [-0.2, -0.15) is 0 Å². The Morgan fingerprint density at radius 1 is 1.54 bits per heavy atom. The molecule has 4 heteroatoms. The van der Waals surface area contributed by atoms with Crippen LogP contribution < -0.4 is 0 Å². The van der Waals surface area contributed by atoms with E-state index in [1.807, 2.05) is 0 Å². The number of rotatable bonds is 6. The molecule has 0 rings (SSSR count). The average molecular weight is 204 g/mol. The van der Waals surface area contributed by atoms with E-state index in [4.69, 9.17) is 4.74 Å². The Kier molecular flexibility index (Phi) is 5.62. The second kappa shape index (κ2) is 5.91. The summed E-state index contributed by atoms with van der Waals surface area (Å²) in [6.07, 6.45) is 2.66. The van der Waals surface area contributed by atoms with E-state index in [1.54, 1.807) is 13.1 Å². The summed E-state index contributed by atoms with van der Waals surface area (Å²) in [5.74, 6) is -0.406. The molecule has 0 radical (unpaired) electrons. The smallest absolute Gasteiger partial charge is 0.330 e. The van der Waals surface area contributed by atoms with Crippen LogP contribution in [0.4, 0.5) is 4.11 Å². The molecule has 0 aromatic carbocycles. The molecule has 0 bridgehead atoms. The number of hydrogen-bond acceptors (Lipinski definition) is 2. The maximum atomic E-state index is 13.1. The van der Waals surface area contributed by atoms with Crippen LogP contribution in [-0.2, 0) is 9.53 Å². The lowest BCUT2D eigenvalue weighted by Crippen LogP contribution is -2.17. The molecule has 0 aliphatic heterocycles. The fraction of sp³-hybridized carbons (Fsp3) is 0.667. The molecule has 0 N–H and O–H groups in total. The molecule has 0 spiro atoms. The summed E-state index contributed by atoms with van der Waals surface area (Å²) in [6.45, 7) is 7.01. The van der Waals surface area contributed by atoms with E-state index in [9.17, 15) is 8.90 Å². The van der Waals surface area contributed by atoms with Crippen LogP contribution in [0.1, 0.15) is 12.8 Å². The van der Waals surface area contributed by atoms with Crippen LogP contribution in [0, 0.1) is 0 Å². The number of ether oxygens (including phenoxy) is 1. The largest absolute Gasteiger partial charge is 0.463 e. The van der Waals surface area contributed by atoms with Gasteiger partial charge in [-0.3, -0.25) is 0 Å². The van der Waals surface area contributed by atoms with Gasteiger partial charge in [-0.15, -0.1) is 0 Å². The molecule has 0 aliphatic carbocycles. The standard InChI is InChI=1S/C9H17FO2Si/c1-4-9(11)12-7-5-6-8-13(2,3)10/h4H,1,5-8H2,2-3H3. The highest BCUT2D eigenvalue weighted by molar-refractivity contribution is 6.70. The maximum absolute atomic E-state index is 13.1. The van der Waals surface area contributed by atoms with Crippen molar-refractivity contribution >= 4 is 14.4 Å². The lowest BCUT2D eigenvalue weighted by molar-refractivity contribution is -0.137. The van der Waals surface area contributed by atoms with Crippen molar-refractivity contribution in [1.29, 1.82) is 0 Å². The first-order valence-corrected chi connectivity index (χ1v) is 7.52. The second-order valence-electron chi connectivity index (χ2n) is 3.55. The van der Waals surface area contributed by atoms with Gasteiger partial charge in [-0.05, 0) is 25.6 Å². The first-order valence-electron chi connectivity index (χ1n) is 4.44. The molecule has 0 aliphatic rings. The van der Waals surface area contributed by atoms with E-state index >= 15 is 0 Å². The lowest BCUT2D eigenvalue weighted by atomic mass is 10.4. The first-order chi connectivity index (χ1) is 5.95. The molecule has 0 aromatic rings. The average Bonchev–Trinajstić information content (AvgIpc) is 2.01. The van der Waals surface area contributed by atoms with Crippen LogP contribution in [0.15, 0.2) is 12.7 Å². The summed E-state index contributed by atoms with van der Waals surface area (Å²) in [4.78, 5) is 10.6. The van der Waals surface area contributed by atoms with Gasteiger partial charge >= 0.3 is 5.97 Å². The molecule has 13 heavy (non-hydrogen) atoms. The Labute approximate surface area is 80.0 Å². The fourth-order valence-corrected chi connectivity index (χ4v) is 1.97. The Morgan fingerprint density at radius 2 is 2.15 bits per heavy atom. The molecular weight excluding hydrogens is 187 g/mol. The van der Waals surface area contributed by atoms with Crippen LogP contribution >= 0.6 is 0 Å². The van der Waals surface area contributed by atoms with E-state index < -0.39 is 14.4 Å². The molecule has 0 amide bonds. The highest BCUT2D eigenvalue weighted by Crippen LogP contribution is 2.14. The zero-order chi connectivity index (χ0) is 10.3. The van der Waals surface area contributed by atoms with Gasteiger partial charge in [0.2, 0.25) is 8.41 Å². The predicted molar refractivity (Wildman–Crippen MR) is 53.8 cm³/mol. The van der Waals surface area contributed by atoms with Gasteiger partial charge in [0.1, 0.15) is 0 Å². The van der Waals surface area contributed by atoms with Gasteiger partial charge in [-0.1, -0.05) is 13.0 Å². The van der Waals surface area contributed by atoms with Crippen molar-refractivity contribution in [2.24, 2.45) is 0 Å². The zero-order valence-corrected chi connectivity index (χ0v) is 9.31. The minimum absolute atomic E-state index is 0.370. The van der Waals surface area contributed by atoms with Crippen molar-refractivity contribution in [3.63, 3.8) is 0 Å². The Balaban J connectivity index is 3.27. The van der Waals surface area contributed by atoms with Crippen molar-refractivity contribution < 1.29 is 13.6 Å². The van der Waals surface area contributed by atoms with Gasteiger partial charge in [0.25, 0.3) is 0 Å². The van der Waals surface area contributed by atoms with Gasteiger partial charge in [0.15, 0.2) is 0 Å². The van der Waals surface area contributed by atoms with Crippen LogP contribution in [-0.4, -0.2) is 21.0 Å². The number of carbonyl (C=O) groups is 1. The monoisotopic (exact) mass is 204 g/mol. The Bertz CT molecular complexity index is 175. The third-order valence-corrected chi connectivity index (χ3v) is 3.12. The highest BCUT2D eigenvalue weighted by atomic mass is 28.4. The van der Waals surface area contributed by atoms with Crippen molar-refractivity contribution in [3.8, 4) is 0 Å². The molecule has 0 aromatic heterocycles. The first kappa shape index (κ1) is 12.4. The molecule has 0 fully saturated rings. The third kappa shape index (κ3) is 9.27. The molecule has 76 valence electrons. The van der Waals surface area contributed by atoms with Crippen molar-refractivity contribution in [2.45, 2.75) is 32.0 Å². The molecule has 0 atom stereocenters. The van der Waals surface area contributed by atoms with Gasteiger partial charge < -0.3 is 8.84 Å². The van der Waals surface area contributed by atoms with Crippen LogP contribution in [0.25, 0.3) is 0 Å². The maximum Gasteiger partial charge on any atom is 0.330 e. The van der Waals surface area contributed by atoms with Crippen molar-refractivity contribution in [3.05, 3.63) is 12.7 Å². The van der Waals surface area contributed by atoms with E-state index in [0.717, 1.165) is 18.9 Å². The van der Waals surface area contributed by atoms with E-state index in [1.165, 1.54) is 0 Å². The van der Waals surface area contributed by atoms with Crippen LogP contribution in [0.5, 0.6) is 0 Å².